The van der Waals surface area contributed by atoms with Crippen LogP contribution in [0.4, 0.5) is 10.1 Å². The van der Waals surface area contributed by atoms with Gasteiger partial charge < -0.3 is 9.80 Å². The molecule has 0 bridgehead atoms. The van der Waals surface area contributed by atoms with Crippen LogP contribution in [0.2, 0.25) is 0 Å². The van der Waals surface area contributed by atoms with E-state index in [0.717, 1.165) is 39.0 Å². The maximum Gasteiger partial charge on any atom is 0.0927 e. The van der Waals surface area contributed by atoms with Crippen molar-refractivity contribution in [3.8, 4) is 0 Å². The maximum atomic E-state index is 12.1. The third kappa shape index (κ3) is 3.95. The Bertz CT molecular complexity index is 422. The van der Waals surface area contributed by atoms with Crippen LogP contribution in [0, 0.1) is 5.41 Å². The number of halogens is 1. The third-order valence-corrected chi connectivity index (χ3v) is 3.90. The summed E-state index contributed by atoms with van der Waals surface area (Å²) in [5.41, 5.74) is 2.54. The molecule has 3 nitrogen and oxygen atoms in total. The quantitative estimate of drug-likeness (QED) is 0.509. The fourth-order valence-electron chi connectivity index (χ4n) is 2.60. The summed E-state index contributed by atoms with van der Waals surface area (Å²) in [5.74, 6) is 0.660. The summed E-state index contributed by atoms with van der Waals surface area (Å²) in [4.78, 5) is 4.48. The normalized spacial score (nSPS) is 15.5. The Kier molecular flexibility index (Phi) is 5.39. The Hall–Kier alpha value is -1.58. The minimum atomic E-state index is -0.213. The van der Waals surface area contributed by atoms with Crippen molar-refractivity contribution in [1.82, 2.24) is 4.90 Å². The molecule has 0 radical (unpaired) electrons. The number of hydrogen-bond acceptors (Lipinski definition) is 2. The molecular formula is C16H24FN3. The highest BCUT2D eigenvalue weighted by Gasteiger charge is 2.17. The lowest BCUT2D eigenvalue weighted by Gasteiger charge is -2.36. The van der Waals surface area contributed by atoms with Gasteiger partial charge in [0.25, 0.3) is 0 Å². The second-order valence-corrected chi connectivity index (χ2v) is 5.37. The zero-order valence-corrected chi connectivity index (χ0v) is 12.2. The molecule has 4 heteroatoms. The van der Waals surface area contributed by atoms with Crippen LogP contribution < -0.4 is 4.90 Å². The molecule has 0 saturated carbocycles. The predicted octanol–water partition coefficient (Wildman–Crippen LogP) is 3.10. The fraction of sp³-hybridized carbons (Fsp3) is 0.562. The van der Waals surface area contributed by atoms with Gasteiger partial charge >= 0.3 is 0 Å². The van der Waals surface area contributed by atoms with Gasteiger partial charge in [0.15, 0.2) is 0 Å². The molecule has 110 valence electrons. The zero-order chi connectivity index (χ0) is 14.4. The number of hydrogen-bond donors (Lipinski definition) is 1. The van der Waals surface area contributed by atoms with Gasteiger partial charge in [-0.1, -0.05) is 12.1 Å². The summed E-state index contributed by atoms with van der Waals surface area (Å²) >= 11 is 0. The molecule has 0 atom stereocenters. The number of alkyl halides is 1. The van der Waals surface area contributed by atoms with Gasteiger partial charge in [-0.3, -0.25) is 9.80 Å². The van der Waals surface area contributed by atoms with Gasteiger partial charge in [0, 0.05) is 31.9 Å². The molecule has 1 aromatic rings. The molecule has 0 spiro atoms. The van der Waals surface area contributed by atoms with Crippen molar-refractivity contribution in [1.29, 1.82) is 5.41 Å². The number of rotatable bonds is 5. The molecule has 0 aliphatic carbocycles. The first-order valence-electron chi connectivity index (χ1n) is 7.40. The van der Waals surface area contributed by atoms with Crippen LogP contribution >= 0.6 is 0 Å². The van der Waals surface area contributed by atoms with Crippen LogP contribution in [0.3, 0.4) is 0 Å². The molecule has 20 heavy (non-hydrogen) atoms. The second-order valence-electron chi connectivity index (χ2n) is 5.37. The molecule has 1 aliphatic heterocycles. The molecule has 0 amide bonds. The van der Waals surface area contributed by atoms with Gasteiger partial charge in [-0.05, 0) is 43.9 Å². The molecule has 2 rings (SSSR count). The Morgan fingerprint density at radius 3 is 2.30 bits per heavy atom. The molecule has 1 aliphatic rings. The molecule has 1 heterocycles. The summed E-state index contributed by atoms with van der Waals surface area (Å²) in [6.45, 7) is 5.42. The number of unbranched alkanes of at least 4 members (excludes halogenated alkanes) is 1. The smallest absolute Gasteiger partial charge is 0.0927 e. The van der Waals surface area contributed by atoms with Gasteiger partial charge in [-0.2, -0.15) is 0 Å². The highest BCUT2D eigenvalue weighted by atomic mass is 19.1. The SMILES string of the molecule is CC(=N)N1CCN(c2ccc(CCCCF)cc2)CC1. The summed E-state index contributed by atoms with van der Waals surface area (Å²) in [6, 6.07) is 8.64. The fourth-order valence-corrected chi connectivity index (χ4v) is 2.60. The van der Waals surface area contributed by atoms with Crippen molar-refractivity contribution in [2.24, 2.45) is 0 Å². The standard InChI is InChI=1S/C16H24FN3/c1-14(18)19-10-12-20(13-11-19)16-7-5-15(6-8-16)4-2-3-9-17/h5-8,18H,2-4,9-13H2,1H3. The summed E-state index contributed by atoms with van der Waals surface area (Å²) in [5, 5.41) is 7.65. The highest BCUT2D eigenvalue weighted by Crippen LogP contribution is 2.18. The van der Waals surface area contributed by atoms with E-state index in [1.165, 1.54) is 11.3 Å². The Balaban J connectivity index is 1.86. The molecule has 0 aromatic heterocycles. The Labute approximate surface area is 120 Å². The Morgan fingerprint density at radius 1 is 1.10 bits per heavy atom. The van der Waals surface area contributed by atoms with E-state index in [2.05, 4.69) is 34.1 Å². The minimum absolute atomic E-state index is 0.213. The van der Waals surface area contributed by atoms with Crippen molar-refractivity contribution in [3.05, 3.63) is 29.8 Å². The van der Waals surface area contributed by atoms with Gasteiger partial charge in [-0.15, -0.1) is 0 Å². The average molecular weight is 277 g/mol. The molecule has 1 fully saturated rings. The van der Waals surface area contributed by atoms with Crippen molar-refractivity contribution in [3.63, 3.8) is 0 Å². The van der Waals surface area contributed by atoms with E-state index in [9.17, 15) is 4.39 Å². The van der Waals surface area contributed by atoms with E-state index in [4.69, 9.17) is 5.41 Å². The first kappa shape index (κ1) is 14.8. The topological polar surface area (TPSA) is 30.3 Å². The molecule has 1 N–H and O–H groups in total. The van der Waals surface area contributed by atoms with E-state index in [0.29, 0.717) is 12.3 Å². The van der Waals surface area contributed by atoms with Crippen molar-refractivity contribution in [2.75, 3.05) is 37.8 Å². The number of aryl methyl sites for hydroxylation is 1. The Morgan fingerprint density at radius 2 is 1.75 bits per heavy atom. The van der Waals surface area contributed by atoms with Gasteiger partial charge in [0.2, 0.25) is 0 Å². The number of benzene rings is 1. The van der Waals surface area contributed by atoms with E-state index >= 15 is 0 Å². The molecule has 1 saturated heterocycles. The summed E-state index contributed by atoms with van der Waals surface area (Å²) in [6.07, 6.45) is 2.55. The molecular weight excluding hydrogens is 253 g/mol. The van der Waals surface area contributed by atoms with Gasteiger partial charge in [0.05, 0.1) is 12.5 Å². The van der Waals surface area contributed by atoms with Crippen molar-refractivity contribution >= 4 is 11.5 Å². The number of nitrogens with one attached hydrogen (secondary N) is 1. The number of nitrogens with zero attached hydrogens (tertiary/aromatic N) is 2. The van der Waals surface area contributed by atoms with Crippen molar-refractivity contribution < 1.29 is 4.39 Å². The predicted molar refractivity (Wildman–Crippen MR) is 82.5 cm³/mol. The van der Waals surface area contributed by atoms with Gasteiger partial charge in [0.1, 0.15) is 0 Å². The number of amidine groups is 1. The average Bonchev–Trinajstić information content (AvgIpc) is 2.48. The lowest BCUT2D eigenvalue weighted by Crippen LogP contribution is -2.47. The lowest BCUT2D eigenvalue weighted by molar-refractivity contribution is 0.382. The van der Waals surface area contributed by atoms with E-state index in [1.54, 1.807) is 0 Å². The molecule has 0 unspecified atom stereocenters. The minimum Gasteiger partial charge on any atom is -0.368 e. The largest absolute Gasteiger partial charge is 0.368 e. The summed E-state index contributed by atoms with van der Waals surface area (Å²) < 4.78 is 12.1. The van der Waals surface area contributed by atoms with Crippen LogP contribution in [0.25, 0.3) is 0 Å². The first-order chi connectivity index (χ1) is 9.70. The van der Waals surface area contributed by atoms with Crippen LogP contribution in [0.15, 0.2) is 24.3 Å². The number of piperazine rings is 1. The molecule has 1 aromatic carbocycles. The van der Waals surface area contributed by atoms with Gasteiger partial charge in [-0.25, -0.2) is 0 Å². The first-order valence-corrected chi connectivity index (χ1v) is 7.40. The lowest BCUT2D eigenvalue weighted by atomic mass is 10.1. The van der Waals surface area contributed by atoms with Crippen LogP contribution in [-0.4, -0.2) is 43.6 Å². The van der Waals surface area contributed by atoms with E-state index < -0.39 is 0 Å². The highest BCUT2D eigenvalue weighted by molar-refractivity contribution is 5.76. The maximum absolute atomic E-state index is 12.1. The second kappa shape index (κ2) is 7.27. The monoisotopic (exact) mass is 277 g/mol. The van der Waals surface area contributed by atoms with E-state index in [-0.39, 0.29) is 6.67 Å². The van der Waals surface area contributed by atoms with Crippen LogP contribution in [-0.2, 0) is 6.42 Å². The summed E-state index contributed by atoms with van der Waals surface area (Å²) in [7, 11) is 0. The number of anilines is 1. The third-order valence-electron chi connectivity index (χ3n) is 3.90. The zero-order valence-electron chi connectivity index (χ0n) is 12.2. The van der Waals surface area contributed by atoms with Crippen LogP contribution in [0.5, 0.6) is 0 Å². The van der Waals surface area contributed by atoms with E-state index in [1.807, 2.05) is 6.92 Å². The van der Waals surface area contributed by atoms with Crippen LogP contribution in [0.1, 0.15) is 25.3 Å². The van der Waals surface area contributed by atoms with Crippen molar-refractivity contribution in [2.45, 2.75) is 26.2 Å².